The lowest BCUT2D eigenvalue weighted by Crippen LogP contribution is -2.40. The van der Waals surface area contributed by atoms with Gasteiger partial charge >= 0.3 is 5.97 Å². The van der Waals surface area contributed by atoms with Gasteiger partial charge in [0, 0.05) is 18.0 Å². The van der Waals surface area contributed by atoms with Crippen LogP contribution in [0.5, 0.6) is 0 Å². The zero-order valence-electron chi connectivity index (χ0n) is 22.9. The Morgan fingerprint density at radius 1 is 1.10 bits per heavy atom. The Balaban J connectivity index is 1.17. The maximum Gasteiger partial charge on any atom is 0.308 e. The summed E-state index contributed by atoms with van der Waals surface area (Å²) in [5.41, 5.74) is 1.35. The number of pyridine rings is 1. The molecule has 0 spiro atoms. The molecule has 0 bridgehead atoms. The maximum atomic E-state index is 14.4. The van der Waals surface area contributed by atoms with E-state index in [1.165, 1.54) is 7.11 Å². The Labute approximate surface area is 243 Å². The van der Waals surface area contributed by atoms with E-state index >= 15 is 0 Å². The summed E-state index contributed by atoms with van der Waals surface area (Å²) in [4.78, 5) is 43.7. The van der Waals surface area contributed by atoms with Gasteiger partial charge in [0.2, 0.25) is 5.91 Å². The SMILES string of the molecule is COC(=O)C1CCC(OC[C@@H]2C[C@H](F)CN2C(=O)Cc2ccc(NC(=O)c3nccc4ccccc34)c(Cl)c2)CC1. The number of hydrogen-bond acceptors (Lipinski definition) is 6. The van der Waals surface area contributed by atoms with Crippen LogP contribution < -0.4 is 5.32 Å². The monoisotopic (exact) mass is 581 g/mol. The van der Waals surface area contributed by atoms with E-state index in [-0.39, 0.29) is 72.6 Å². The van der Waals surface area contributed by atoms with Crippen molar-refractivity contribution in [2.75, 3.05) is 25.6 Å². The van der Waals surface area contributed by atoms with Crippen LogP contribution in [0.15, 0.2) is 54.7 Å². The lowest BCUT2D eigenvalue weighted by molar-refractivity contribution is -0.148. The van der Waals surface area contributed by atoms with Gasteiger partial charge in [-0.2, -0.15) is 0 Å². The Bertz CT molecular complexity index is 1420. The van der Waals surface area contributed by atoms with Crippen LogP contribution in [0.3, 0.4) is 0 Å². The molecule has 2 amide bonds. The van der Waals surface area contributed by atoms with Crippen LogP contribution in [0.2, 0.25) is 5.02 Å². The highest BCUT2D eigenvalue weighted by molar-refractivity contribution is 6.34. The first-order valence-electron chi connectivity index (χ1n) is 13.9. The minimum atomic E-state index is -1.11. The molecule has 1 saturated heterocycles. The molecule has 10 heteroatoms. The molecule has 1 N–H and O–H groups in total. The Kier molecular flexibility index (Phi) is 9.15. The topological polar surface area (TPSA) is 97.8 Å². The minimum Gasteiger partial charge on any atom is -0.469 e. The average Bonchev–Trinajstić information content (AvgIpc) is 3.37. The highest BCUT2D eigenvalue weighted by Gasteiger charge is 2.36. The van der Waals surface area contributed by atoms with Crippen LogP contribution in [0.4, 0.5) is 10.1 Å². The summed E-state index contributed by atoms with van der Waals surface area (Å²) in [6.45, 7) is 0.287. The van der Waals surface area contributed by atoms with E-state index in [1.54, 1.807) is 29.3 Å². The van der Waals surface area contributed by atoms with Crippen molar-refractivity contribution >= 4 is 45.8 Å². The van der Waals surface area contributed by atoms with Crippen molar-refractivity contribution in [2.24, 2.45) is 5.92 Å². The first kappa shape index (κ1) is 29.0. The van der Waals surface area contributed by atoms with Crippen molar-refractivity contribution in [1.29, 1.82) is 0 Å². The van der Waals surface area contributed by atoms with Gasteiger partial charge in [-0.25, -0.2) is 4.39 Å². The molecular formula is C31H33ClFN3O5. The average molecular weight is 582 g/mol. The maximum absolute atomic E-state index is 14.4. The number of aromatic nitrogens is 1. The molecule has 41 heavy (non-hydrogen) atoms. The number of nitrogens with zero attached hydrogens (tertiary/aromatic N) is 2. The molecule has 0 unspecified atom stereocenters. The number of carbonyl (C=O) groups excluding carboxylic acids is 3. The number of carbonyl (C=O) groups is 3. The van der Waals surface area contributed by atoms with Crippen molar-refractivity contribution in [3.8, 4) is 0 Å². The van der Waals surface area contributed by atoms with Gasteiger partial charge in [-0.3, -0.25) is 19.4 Å². The van der Waals surface area contributed by atoms with E-state index in [9.17, 15) is 18.8 Å². The largest absolute Gasteiger partial charge is 0.469 e. The highest BCUT2D eigenvalue weighted by atomic mass is 35.5. The summed E-state index contributed by atoms with van der Waals surface area (Å²) in [6, 6.07) is 14.0. The van der Waals surface area contributed by atoms with E-state index in [1.807, 2.05) is 30.3 Å². The molecule has 1 aliphatic carbocycles. The quantitative estimate of drug-likeness (QED) is 0.359. The smallest absolute Gasteiger partial charge is 0.308 e. The zero-order valence-corrected chi connectivity index (χ0v) is 23.6. The fraction of sp³-hybridized carbons (Fsp3) is 0.419. The van der Waals surface area contributed by atoms with Crippen LogP contribution >= 0.6 is 11.6 Å². The minimum absolute atomic E-state index is 0.0165. The molecule has 2 aliphatic rings. The predicted octanol–water partition coefficient (Wildman–Crippen LogP) is 5.37. The van der Waals surface area contributed by atoms with Gasteiger partial charge in [-0.1, -0.05) is 41.9 Å². The Morgan fingerprint density at radius 3 is 2.63 bits per heavy atom. The molecule has 1 aromatic heterocycles. The van der Waals surface area contributed by atoms with Gasteiger partial charge < -0.3 is 19.7 Å². The van der Waals surface area contributed by atoms with Gasteiger partial charge in [-0.15, -0.1) is 0 Å². The number of hydrogen-bond donors (Lipinski definition) is 1. The number of benzene rings is 2. The number of nitrogens with one attached hydrogen (secondary N) is 1. The van der Waals surface area contributed by atoms with Crippen LogP contribution in [0.25, 0.3) is 10.8 Å². The summed E-state index contributed by atoms with van der Waals surface area (Å²) >= 11 is 6.48. The van der Waals surface area contributed by atoms with Gasteiger partial charge in [-0.05, 0) is 54.8 Å². The van der Waals surface area contributed by atoms with Crippen LogP contribution in [-0.2, 0) is 25.5 Å². The molecule has 2 aromatic carbocycles. The standard InChI is InChI=1S/C31H33ClFN3O5/c1-40-31(39)21-7-9-24(10-8-21)41-18-23-16-22(33)17-36(23)28(37)15-19-6-11-27(26(32)14-19)35-30(38)29-25-5-3-2-4-20(25)12-13-34-29/h2-6,11-14,21-24H,7-10,15-18H2,1H3,(H,35,38)/t21?,22-,23-,24?/m0/s1. The van der Waals surface area contributed by atoms with Crippen molar-refractivity contribution < 1.29 is 28.2 Å². The summed E-state index contributed by atoms with van der Waals surface area (Å²) < 4.78 is 25.3. The zero-order chi connectivity index (χ0) is 28.9. The molecule has 8 nitrogen and oxygen atoms in total. The number of methoxy groups -OCH3 is 1. The number of anilines is 1. The van der Waals surface area contributed by atoms with E-state index in [4.69, 9.17) is 21.1 Å². The fourth-order valence-corrected chi connectivity index (χ4v) is 5.98. The second-order valence-corrected chi connectivity index (χ2v) is 11.1. The summed E-state index contributed by atoms with van der Waals surface area (Å²) in [7, 11) is 1.40. The molecule has 0 radical (unpaired) electrons. The first-order chi connectivity index (χ1) is 19.8. The van der Waals surface area contributed by atoms with E-state index in [0.29, 0.717) is 24.1 Å². The number of likely N-dealkylation sites (tertiary alicyclic amines) is 1. The van der Waals surface area contributed by atoms with Crippen LogP contribution in [0.1, 0.15) is 48.2 Å². The number of halogens is 2. The number of ether oxygens (including phenoxy) is 2. The summed E-state index contributed by atoms with van der Waals surface area (Å²) in [5, 5.41) is 4.73. The number of amides is 2. The normalized spacial score (nSPS) is 22.5. The van der Waals surface area contributed by atoms with Crippen molar-refractivity contribution in [3.05, 3.63) is 71.0 Å². The van der Waals surface area contributed by atoms with E-state index < -0.39 is 6.17 Å². The number of esters is 1. The lowest BCUT2D eigenvalue weighted by Gasteiger charge is -2.30. The van der Waals surface area contributed by atoms with E-state index in [2.05, 4.69) is 10.3 Å². The van der Waals surface area contributed by atoms with E-state index in [0.717, 1.165) is 23.6 Å². The number of alkyl halides is 1. The van der Waals surface area contributed by atoms with Crippen LogP contribution in [0, 0.1) is 5.92 Å². The molecule has 2 atom stereocenters. The van der Waals surface area contributed by atoms with Crippen molar-refractivity contribution in [3.63, 3.8) is 0 Å². The molecule has 2 heterocycles. The van der Waals surface area contributed by atoms with Gasteiger partial charge in [0.25, 0.3) is 5.91 Å². The van der Waals surface area contributed by atoms with Gasteiger partial charge in [0.1, 0.15) is 11.9 Å². The Morgan fingerprint density at radius 2 is 1.88 bits per heavy atom. The number of fused-ring (bicyclic) bond motifs is 1. The molecule has 2 fully saturated rings. The molecular weight excluding hydrogens is 549 g/mol. The third-order valence-corrected chi connectivity index (χ3v) is 8.26. The summed E-state index contributed by atoms with van der Waals surface area (Å²) in [6.07, 6.45) is 3.61. The molecule has 216 valence electrons. The molecule has 3 aromatic rings. The fourth-order valence-electron chi connectivity index (χ4n) is 5.73. The molecule has 5 rings (SSSR count). The third-order valence-electron chi connectivity index (χ3n) is 7.94. The molecule has 1 saturated carbocycles. The van der Waals surface area contributed by atoms with Crippen LogP contribution in [-0.4, -0.2) is 66.2 Å². The Hall–Kier alpha value is -3.56. The van der Waals surface area contributed by atoms with Crippen molar-refractivity contribution in [1.82, 2.24) is 9.88 Å². The summed E-state index contributed by atoms with van der Waals surface area (Å²) in [5.74, 6) is -0.879. The predicted molar refractivity (Wildman–Crippen MR) is 154 cm³/mol. The lowest BCUT2D eigenvalue weighted by atomic mass is 9.87. The van der Waals surface area contributed by atoms with Gasteiger partial charge in [0.15, 0.2) is 0 Å². The van der Waals surface area contributed by atoms with Crippen molar-refractivity contribution in [2.45, 2.75) is 56.8 Å². The second-order valence-electron chi connectivity index (χ2n) is 10.7. The second kappa shape index (κ2) is 13.0. The number of rotatable bonds is 8. The highest BCUT2D eigenvalue weighted by Crippen LogP contribution is 2.30. The first-order valence-corrected chi connectivity index (χ1v) is 14.3. The van der Waals surface area contributed by atoms with Gasteiger partial charge in [0.05, 0.1) is 55.5 Å². The molecule has 1 aliphatic heterocycles. The third kappa shape index (κ3) is 6.85.